The zero-order chi connectivity index (χ0) is 14.2. The lowest BCUT2D eigenvalue weighted by Crippen LogP contribution is -2.14. The summed E-state index contributed by atoms with van der Waals surface area (Å²) >= 11 is 3.51. The van der Waals surface area contributed by atoms with Crippen molar-refractivity contribution in [2.75, 3.05) is 11.9 Å². The predicted octanol–water partition coefficient (Wildman–Crippen LogP) is 3.70. The van der Waals surface area contributed by atoms with Crippen LogP contribution in [0.3, 0.4) is 0 Å². The topological polar surface area (TPSA) is 65.3 Å². The van der Waals surface area contributed by atoms with Crippen LogP contribution in [0, 0.1) is 15.5 Å². The van der Waals surface area contributed by atoms with Crippen molar-refractivity contribution in [2.45, 2.75) is 12.8 Å². The van der Waals surface area contributed by atoms with Gasteiger partial charge >= 0.3 is 0 Å². The number of aromatic nitrogens is 1. The minimum absolute atomic E-state index is 0.00887. The molecule has 20 heavy (non-hydrogen) atoms. The first-order chi connectivity index (χ1) is 9.65. The first-order valence-electron chi connectivity index (χ1n) is 6.36. The number of pyridine rings is 1. The Hall–Kier alpha value is -1.69. The third kappa shape index (κ3) is 2.35. The Bertz CT molecular complexity index is 671. The van der Waals surface area contributed by atoms with E-state index in [4.69, 9.17) is 4.74 Å². The normalized spacial score (nSPS) is 16.1. The molecule has 0 bridgehead atoms. The van der Waals surface area contributed by atoms with Gasteiger partial charge in [0.05, 0.1) is 11.5 Å². The lowest BCUT2D eigenvalue weighted by molar-refractivity contribution is -0.383. The molecule has 1 aromatic heterocycles. The van der Waals surface area contributed by atoms with Gasteiger partial charge in [-0.25, -0.2) is 4.98 Å². The summed E-state index contributed by atoms with van der Waals surface area (Å²) in [7, 11) is 0. The van der Waals surface area contributed by atoms with E-state index in [2.05, 4.69) is 20.9 Å². The van der Waals surface area contributed by atoms with Gasteiger partial charge in [-0.2, -0.15) is 0 Å². The summed E-state index contributed by atoms with van der Waals surface area (Å²) in [5, 5.41) is 12.6. The zero-order valence-electron chi connectivity index (χ0n) is 10.7. The summed E-state index contributed by atoms with van der Waals surface area (Å²) in [4.78, 5) is 14.7. The highest BCUT2D eigenvalue weighted by Gasteiger charge is 2.42. The van der Waals surface area contributed by atoms with Gasteiger partial charge in [0.25, 0.3) is 5.69 Å². The molecule has 0 atom stereocenters. The standard InChI is InChI=1S/C14H13BrN2O3/c15-8-14(5-6-14)9-20-12-4-3-11(17(18)19)13-10(12)2-1-7-16-13/h1-4,7H,5-6,8-9H2. The maximum Gasteiger partial charge on any atom is 0.295 e. The molecule has 1 saturated carbocycles. The van der Waals surface area contributed by atoms with Crippen LogP contribution in [0.15, 0.2) is 30.5 Å². The van der Waals surface area contributed by atoms with Gasteiger partial charge in [0, 0.05) is 28.4 Å². The minimum atomic E-state index is -0.417. The molecule has 3 rings (SSSR count). The second kappa shape index (κ2) is 5.01. The van der Waals surface area contributed by atoms with E-state index in [0.717, 1.165) is 18.2 Å². The lowest BCUT2D eigenvalue weighted by atomic mass is 10.1. The fourth-order valence-electron chi connectivity index (χ4n) is 2.13. The maximum absolute atomic E-state index is 11.0. The molecular formula is C14H13BrN2O3. The fourth-order valence-corrected chi connectivity index (χ4v) is 2.85. The van der Waals surface area contributed by atoms with Crippen molar-refractivity contribution in [3.05, 3.63) is 40.6 Å². The van der Waals surface area contributed by atoms with Crippen LogP contribution in [0.25, 0.3) is 10.9 Å². The van der Waals surface area contributed by atoms with Gasteiger partial charge < -0.3 is 4.74 Å². The number of rotatable bonds is 5. The largest absolute Gasteiger partial charge is 0.492 e. The van der Waals surface area contributed by atoms with Crippen molar-refractivity contribution < 1.29 is 9.66 Å². The molecule has 1 fully saturated rings. The molecular weight excluding hydrogens is 324 g/mol. The highest BCUT2D eigenvalue weighted by atomic mass is 79.9. The summed E-state index contributed by atoms with van der Waals surface area (Å²) in [5.41, 5.74) is 0.615. The molecule has 104 valence electrons. The number of hydrogen-bond donors (Lipinski definition) is 0. The van der Waals surface area contributed by atoms with Crippen molar-refractivity contribution >= 4 is 32.5 Å². The van der Waals surface area contributed by atoms with Crippen LogP contribution in [-0.4, -0.2) is 21.8 Å². The van der Waals surface area contributed by atoms with E-state index < -0.39 is 4.92 Å². The van der Waals surface area contributed by atoms with Crippen LogP contribution in [0.1, 0.15) is 12.8 Å². The van der Waals surface area contributed by atoms with Gasteiger partial charge in [0.1, 0.15) is 5.75 Å². The molecule has 0 aliphatic heterocycles. The van der Waals surface area contributed by atoms with E-state index in [1.54, 1.807) is 24.4 Å². The maximum atomic E-state index is 11.0. The quantitative estimate of drug-likeness (QED) is 0.474. The molecule has 6 heteroatoms. The number of nitro groups is 1. The molecule has 5 nitrogen and oxygen atoms in total. The summed E-state index contributed by atoms with van der Waals surface area (Å²) < 4.78 is 5.88. The Morgan fingerprint density at radius 2 is 2.20 bits per heavy atom. The molecule has 1 aliphatic carbocycles. The van der Waals surface area contributed by atoms with Crippen LogP contribution in [-0.2, 0) is 0 Å². The Labute approximate surface area is 124 Å². The van der Waals surface area contributed by atoms with E-state index >= 15 is 0 Å². The second-order valence-corrected chi connectivity index (χ2v) is 5.72. The van der Waals surface area contributed by atoms with E-state index in [9.17, 15) is 10.1 Å². The monoisotopic (exact) mass is 336 g/mol. The van der Waals surface area contributed by atoms with E-state index in [1.165, 1.54) is 6.07 Å². The van der Waals surface area contributed by atoms with Gasteiger partial charge in [0.15, 0.2) is 5.52 Å². The number of nitrogens with zero attached hydrogens (tertiary/aromatic N) is 2. The van der Waals surface area contributed by atoms with Crippen LogP contribution < -0.4 is 4.74 Å². The molecule has 0 saturated heterocycles. The summed E-state index contributed by atoms with van der Waals surface area (Å²) in [6.07, 6.45) is 3.86. The molecule has 1 aliphatic rings. The number of non-ortho nitro benzene ring substituents is 1. The van der Waals surface area contributed by atoms with Crippen LogP contribution >= 0.6 is 15.9 Å². The molecule has 0 unspecified atom stereocenters. The Kier molecular flexibility index (Phi) is 3.33. The minimum Gasteiger partial charge on any atom is -0.492 e. The molecule has 0 amide bonds. The Balaban J connectivity index is 1.96. The lowest BCUT2D eigenvalue weighted by Gasteiger charge is -2.14. The first kappa shape index (κ1) is 13.3. The molecule has 1 aromatic carbocycles. The average Bonchev–Trinajstić information content (AvgIpc) is 3.25. The molecule has 0 N–H and O–H groups in total. The van der Waals surface area contributed by atoms with Crippen molar-refractivity contribution in [3.63, 3.8) is 0 Å². The average molecular weight is 337 g/mol. The van der Waals surface area contributed by atoms with Gasteiger partial charge in [0.2, 0.25) is 0 Å². The number of nitro benzene ring substituents is 1. The van der Waals surface area contributed by atoms with Gasteiger partial charge in [-0.3, -0.25) is 10.1 Å². The number of alkyl halides is 1. The number of benzene rings is 1. The third-order valence-corrected chi connectivity index (χ3v) is 4.87. The van der Waals surface area contributed by atoms with Gasteiger partial charge in [-0.05, 0) is 31.0 Å². The summed E-state index contributed by atoms with van der Waals surface area (Å²) in [6, 6.07) is 6.68. The van der Waals surface area contributed by atoms with Crippen molar-refractivity contribution in [1.82, 2.24) is 4.98 Å². The van der Waals surface area contributed by atoms with Crippen molar-refractivity contribution in [2.24, 2.45) is 5.41 Å². The molecule has 1 heterocycles. The van der Waals surface area contributed by atoms with Crippen molar-refractivity contribution in [1.29, 1.82) is 0 Å². The van der Waals surface area contributed by atoms with Crippen molar-refractivity contribution in [3.8, 4) is 5.75 Å². The smallest absolute Gasteiger partial charge is 0.295 e. The van der Waals surface area contributed by atoms with Crippen LogP contribution in [0.5, 0.6) is 5.75 Å². The molecule has 2 aromatic rings. The highest BCUT2D eigenvalue weighted by molar-refractivity contribution is 9.09. The van der Waals surface area contributed by atoms with Gasteiger partial charge in [-0.1, -0.05) is 15.9 Å². The van der Waals surface area contributed by atoms with Gasteiger partial charge in [-0.15, -0.1) is 0 Å². The summed E-state index contributed by atoms with van der Waals surface area (Å²) in [6.45, 7) is 0.625. The van der Waals surface area contributed by atoms with Crippen LogP contribution in [0.4, 0.5) is 5.69 Å². The fraction of sp³-hybridized carbons (Fsp3) is 0.357. The second-order valence-electron chi connectivity index (χ2n) is 5.16. The number of fused-ring (bicyclic) bond motifs is 1. The highest BCUT2D eigenvalue weighted by Crippen LogP contribution is 2.47. The molecule has 0 spiro atoms. The predicted molar refractivity (Wildman–Crippen MR) is 79.4 cm³/mol. The number of halogens is 1. The number of ether oxygens (including phenoxy) is 1. The zero-order valence-corrected chi connectivity index (χ0v) is 12.3. The first-order valence-corrected chi connectivity index (χ1v) is 7.48. The van der Waals surface area contributed by atoms with E-state index in [-0.39, 0.29) is 11.1 Å². The molecule has 0 radical (unpaired) electrons. The van der Waals surface area contributed by atoms with Crippen LogP contribution in [0.2, 0.25) is 0 Å². The third-order valence-electron chi connectivity index (χ3n) is 3.68. The Morgan fingerprint density at radius 3 is 2.85 bits per heavy atom. The number of hydrogen-bond acceptors (Lipinski definition) is 4. The van der Waals surface area contributed by atoms with E-state index in [0.29, 0.717) is 23.3 Å². The SMILES string of the molecule is O=[N+]([O-])c1ccc(OCC2(CBr)CC2)c2cccnc12. The summed E-state index contributed by atoms with van der Waals surface area (Å²) in [5.74, 6) is 0.658. The Morgan fingerprint density at radius 1 is 1.40 bits per heavy atom. The van der Waals surface area contributed by atoms with E-state index in [1.807, 2.05) is 0 Å².